The molecule has 4 atom stereocenters. The summed E-state index contributed by atoms with van der Waals surface area (Å²) in [4.78, 5) is 16.1. The van der Waals surface area contributed by atoms with Gasteiger partial charge in [0, 0.05) is 18.9 Å². The Morgan fingerprint density at radius 3 is 2.79 bits per heavy atom. The van der Waals surface area contributed by atoms with E-state index < -0.39 is 5.97 Å². The zero-order chi connectivity index (χ0) is 23.0. The molecule has 6 nitrogen and oxygen atoms in total. The lowest BCUT2D eigenvalue weighted by Gasteiger charge is -2.24. The zero-order valence-corrected chi connectivity index (χ0v) is 20.4. The molecule has 0 aromatic carbocycles. The summed E-state index contributed by atoms with van der Waals surface area (Å²) in [6, 6.07) is 0. The summed E-state index contributed by atoms with van der Waals surface area (Å²) in [5.41, 5.74) is 0.714. The Kier molecular flexibility index (Phi) is 8.96. The van der Waals surface area contributed by atoms with E-state index in [9.17, 15) is 4.79 Å². The van der Waals surface area contributed by atoms with Crippen molar-refractivity contribution in [2.75, 3.05) is 6.54 Å². The lowest BCUT2D eigenvalue weighted by Crippen LogP contribution is -2.26. The fraction of sp³-hybridized carbons (Fsp3) is 0.731. The number of thiocarbonyl (C=S) groups is 1. The molecule has 1 aromatic heterocycles. The van der Waals surface area contributed by atoms with Gasteiger partial charge in [0.05, 0.1) is 18.1 Å². The van der Waals surface area contributed by atoms with E-state index >= 15 is 0 Å². The second-order valence-corrected chi connectivity index (χ2v) is 10.4. The van der Waals surface area contributed by atoms with Crippen LogP contribution in [-0.4, -0.2) is 39.8 Å². The summed E-state index contributed by atoms with van der Waals surface area (Å²) in [5, 5.41) is 12.2. The number of carbonyl (C=O) groups is 1. The van der Waals surface area contributed by atoms with E-state index in [1.807, 2.05) is 6.08 Å². The van der Waals surface area contributed by atoms with Gasteiger partial charge in [0.1, 0.15) is 16.9 Å². The molecule has 1 aliphatic carbocycles. The van der Waals surface area contributed by atoms with Crippen molar-refractivity contribution >= 4 is 23.2 Å². The van der Waals surface area contributed by atoms with E-state index in [2.05, 4.69) is 11.4 Å². The monoisotopic (exact) mass is 474 g/mol. The van der Waals surface area contributed by atoms with E-state index in [0.717, 1.165) is 44.0 Å². The van der Waals surface area contributed by atoms with Gasteiger partial charge in [0.15, 0.2) is 0 Å². The maximum Gasteiger partial charge on any atom is 0.303 e. The first kappa shape index (κ1) is 24.4. The number of unbranched alkanes of at least 4 members (excludes halogenated alkanes) is 1. The second-order valence-electron chi connectivity index (χ2n) is 9.95. The van der Waals surface area contributed by atoms with Crippen molar-refractivity contribution in [3.8, 4) is 0 Å². The van der Waals surface area contributed by atoms with Crippen LogP contribution < -0.4 is 5.32 Å². The number of hydrogen-bond donors (Lipinski definition) is 2. The van der Waals surface area contributed by atoms with Crippen molar-refractivity contribution in [1.82, 2.24) is 10.3 Å². The smallest absolute Gasteiger partial charge is 0.303 e. The van der Waals surface area contributed by atoms with Crippen molar-refractivity contribution in [1.29, 1.82) is 0 Å². The lowest BCUT2D eigenvalue weighted by molar-refractivity contribution is -0.136. The van der Waals surface area contributed by atoms with Crippen LogP contribution in [0.4, 0.5) is 0 Å². The average Bonchev–Trinajstić information content (AvgIpc) is 3.55. The predicted octanol–water partition coefficient (Wildman–Crippen LogP) is 5.76. The molecule has 0 amide bonds. The number of ether oxygens (including phenoxy) is 1. The van der Waals surface area contributed by atoms with Gasteiger partial charge in [-0.05, 0) is 38.0 Å². The highest BCUT2D eigenvalue weighted by Crippen LogP contribution is 2.50. The molecule has 182 valence electrons. The van der Waals surface area contributed by atoms with Gasteiger partial charge >= 0.3 is 5.97 Å². The summed E-state index contributed by atoms with van der Waals surface area (Å²) < 4.78 is 12.1. The van der Waals surface area contributed by atoms with E-state index in [1.54, 1.807) is 6.26 Å². The van der Waals surface area contributed by atoms with Gasteiger partial charge in [0.2, 0.25) is 5.89 Å². The molecule has 4 rings (SSSR count). The number of carboxylic acids is 1. The lowest BCUT2D eigenvalue weighted by atomic mass is 9.77. The third-order valence-corrected chi connectivity index (χ3v) is 7.97. The number of rotatable bonds is 12. The first-order valence-corrected chi connectivity index (χ1v) is 13.3. The summed E-state index contributed by atoms with van der Waals surface area (Å²) in [6.07, 6.45) is 20.6. The molecule has 2 saturated heterocycles. The minimum Gasteiger partial charge on any atom is -0.481 e. The van der Waals surface area contributed by atoms with Crippen molar-refractivity contribution in [2.24, 2.45) is 11.8 Å². The van der Waals surface area contributed by atoms with Gasteiger partial charge in [-0.1, -0.05) is 69.3 Å². The molecule has 2 N–H and O–H groups in total. The van der Waals surface area contributed by atoms with Crippen LogP contribution in [-0.2, 0) is 9.53 Å². The Labute approximate surface area is 202 Å². The SMILES string of the molecule is O=C(O)CC/C=C\CC1C2CCC(O2)C1c1nc(C(=S)NCCCCC2CCCCC2)co1. The maximum absolute atomic E-state index is 10.7. The summed E-state index contributed by atoms with van der Waals surface area (Å²) in [5.74, 6) is 1.36. The predicted molar refractivity (Wildman–Crippen MR) is 131 cm³/mol. The first-order chi connectivity index (χ1) is 16.1. The minimum absolute atomic E-state index is 0.139. The van der Waals surface area contributed by atoms with Crippen molar-refractivity contribution in [3.63, 3.8) is 0 Å². The minimum atomic E-state index is -0.762. The van der Waals surface area contributed by atoms with Crippen molar-refractivity contribution < 1.29 is 19.1 Å². The quantitative estimate of drug-likeness (QED) is 0.226. The van der Waals surface area contributed by atoms with Gasteiger partial charge in [0.25, 0.3) is 0 Å². The number of nitrogens with zero attached hydrogens (tertiary/aromatic N) is 1. The topological polar surface area (TPSA) is 84.6 Å². The maximum atomic E-state index is 10.7. The third-order valence-electron chi connectivity index (χ3n) is 7.61. The van der Waals surface area contributed by atoms with E-state index in [0.29, 0.717) is 23.0 Å². The summed E-state index contributed by atoms with van der Waals surface area (Å²) >= 11 is 5.58. The fourth-order valence-corrected chi connectivity index (χ4v) is 6.06. The Morgan fingerprint density at radius 2 is 1.97 bits per heavy atom. The third kappa shape index (κ3) is 6.66. The molecule has 7 heteroatoms. The number of allylic oxidation sites excluding steroid dienone is 2. The number of oxazole rings is 1. The number of aromatic nitrogens is 1. The average molecular weight is 475 g/mol. The highest BCUT2D eigenvalue weighted by molar-refractivity contribution is 7.80. The number of carboxylic acid groups (broad SMARTS) is 1. The van der Waals surface area contributed by atoms with Crippen LogP contribution >= 0.6 is 12.2 Å². The molecular formula is C26H38N2O4S. The van der Waals surface area contributed by atoms with Crippen LogP contribution in [0.15, 0.2) is 22.8 Å². The Balaban J connectivity index is 1.23. The molecule has 1 saturated carbocycles. The molecule has 0 radical (unpaired) electrons. The Bertz CT molecular complexity index is 817. The fourth-order valence-electron chi connectivity index (χ4n) is 5.87. The molecule has 3 heterocycles. The zero-order valence-electron chi connectivity index (χ0n) is 19.5. The van der Waals surface area contributed by atoms with E-state index in [4.69, 9.17) is 31.5 Å². The molecule has 2 bridgehead atoms. The Hall–Kier alpha value is -1.73. The molecule has 3 aliphatic rings. The molecule has 0 spiro atoms. The van der Waals surface area contributed by atoms with Gasteiger partial charge in [-0.15, -0.1) is 0 Å². The molecular weight excluding hydrogens is 436 g/mol. The standard InChI is InChI=1S/C26H38N2O4S/c29-23(30)13-6-2-5-12-19-21-14-15-22(32-21)24(19)25-28-20(17-31-25)26(33)27-16-8-7-11-18-9-3-1-4-10-18/h2,5,17-19,21-22,24H,1,3-4,6-16H2,(H,27,33)(H,29,30)/b5-2-. The Morgan fingerprint density at radius 1 is 1.15 bits per heavy atom. The van der Waals surface area contributed by atoms with Gasteiger partial charge in [-0.25, -0.2) is 4.98 Å². The van der Waals surface area contributed by atoms with Crippen molar-refractivity contribution in [3.05, 3.63) is 30.0 Å². The van der Waals surface area contributed by atoms with Gasteiger partial charge in [-0.3, -0.25) is 4.79 Å². The largest absolute Gasteiger partial charge is 0.481 e. The van der Waals surface area contributed by atoms with Gasteiger partial charge < -0.3 is 19.6 Å². The highest BCUT2D eigenvalue weighted by atomic mass is 32.1. The normalized spacial score (nSPS) is 27.4. The number of fused-ring (bicyclic) bond motifs is 2. The number of nitrogens with one attached hydrogen (secondary N) is 1. The van der Waals surface area contributed by atoms with Gasteiger partial charge in [-0.2, -0.15) is 0 Å². The molecule has 1 aromatic rings. The number of hydrogen-bond acceptors (Lipinski definition) is 5. The first-order valence-electron chi connectivity index (χ1n) is 12.9. The second kappa shape index (κ2) is 12.1. The van der Waals surface area contributed by atoms with Crippen molar-refractivity contribution in [2.45, 2.75) is 102 Å². The summed E-state index contributed by atoms with van der Waals surface area (Å²) in [7, 11) is 0. The van der Waals surface area contributed by atoms with E-state index in [-0.39, 0.29) is 24.5 Å². The van der Waals surface area contributed by atoms with Crippen LogP contribution in [0.25, 0.3) is 0 Å². The summed E-state index contributed by atoms with van der Waals surface area (Å²) in [6.45, 7) is 0.884. The molecule has 4 unspecified atom stereocenters. The molecule has 2 aliphatic heterocycles. The van der Waals surface area contributed by atoms with Crippen LogP contribution in [0.5, 0.6) is 0 Å². The molecule has 3 fully saturated rings. The number of aliphatic carboxylic acids is 1. The highest BCUT2D eigenvalue weighted by Gasteiger charge is 2.51. The molecule has 33 heavy (non-hydrogen) atoms. The van der Waals surface area contributed by atoms with Crippen LogP contribution in [0.3, 0.4) is 0 Å². The van der Waals surface area contributed by atoms with Crippen LogP contribution in [0.2, 0.25) is 0 Å². The van der Waals surface area contributed by atoms with E-state index in [1.165, 1.54) is 44.9 Å². The van der Waals surface area contributed by atoms with Crippen LogP contribution in [0, 0.1) is 11.8 Å². The van der Waals surface area contributed by atoms with Crippen LogP contribution in [0.1, 0.15) is 101 Å².